The fourth-order valence-corrected chi connectivity index (χ4v) is 3.62. The van der Waals surface area contributed by atoms with Gasteiger partial charge in [-0.25, -0.2) is 15.0 Å². The van der Waals surface area contributed by atoms with E-state index in [2.05, 4.69) is 43.2 Å². The molecule has 7 nitrogen and oxygen atoms in total. The van der Waals surface area contributed by atoms with Crippen LogP contribution in [0.2, 0.25) is 0 Å². The van der Waals surface area contributed by atoms with Gasteiger partial charge < -0.3 is 14.6 Å². The van der Waals surface area contributed by atoms with E-state index in [-0.39, 0.29) is 5.97 Å². The number of aryl methyl sites for hydroxylation is 1. The molecule has 1 aliphatic heterocycles. The summed E-state index contributed by atoms with van der Waals surface area (Å²) >= 11 is 1.61. The molecule has 132 valence electrons. The maximum Gasteiger partial charge on any atom is 0.305 e. The zero-order valence-corrected chi connectivity index (χ0v) is 15.0. The number of hydrogen-bond donors (Lipinski definition) is 1. The molecule has 1 aromatic carbocycles. The largest absolute Gasteiger partial charge is 0.469 e. The van der Waals surface area contributed by atoms with Crippen LogP contribution in [0.15, 0.2) is 53.0 Å². The number of methoxy groups -OCH3 is 1. The zero-order chi connectivity index (χ0) is 17.9. The molecule has 0 atom stereocenters. The van der Waals surface area contributed by atoms with E-state index in [4.69, 9.17) is 0 Å². The summed E-state index contributed by atoms with van der Waals surface area (Å²) in [5, 5.41) is 4.23. The molecule has 3 heterocycles. The Balaban J connectivity index is 1.45. The van der Waals surface area contributed by atoms with E-state index in [0.29, 0.717) is 19.4 Å². The Morgan fingerprint density at radius 1 is 1.27 bits per heavy atom. The van der Waals surface area contributed by atoms with E-state index >= 15 is 0 Å². The monoisotopic (exact) mass is 367 g/mol. The number of hydrogen-bond acceptors (Lipinski definition) is 7. The van der Waals surface area contributed by atoms with E-state index in [1.807, 2.05) is 10.8 Å². The number of carbonyl (C=O) groups excluding carboxylic acids is 1. The normalized spacial score (nSPS) is 12.0. The summed E-state index contributed by atoms with van der Waals surface area (Å²) in [6, 6.07) is 6.31. The number of nitrogens with one attached hydrogen (secondary N) is 1. The first-order valence-corrected chi connectivity index (χ1v) is 8.99. The minimum Gasteiger partial charge on any atom is -0.469 e. The van der Waals surface area contributed by atoms with Gasteiger partial charge in [0.25, 0.3) is 0 Å². The Bertz CT molecular complexity index is 956. The molecular formula is C18H17N5O2S. The SMILES string of the molecule is COC(=O)CCc1cn(Cc2ccc3c(c2)Nc2nccnc2S3)cn1. The smallest absolute Gasteiger partial charge is 0.305 e. The maximum atomic E-state index is 11.2. The second-order valence-corrected chi connectivity index (χ2v) is 6.91. The van der Waals surface area contributed by atoms with Crippen LogP contribution < -0.4 is 5.32 Å². The lowest BCUT2D eigenvalue weighted by Gasteiger charge is -2.19. The number of aromatic nitrogens is 4. The van der Waals surface area contributed by atoms with E-state index in [9.17, 15) is 4.79 Å². The van der Waals surface area contributed by atoms with Gasteiger partial charge >= 0.3 is 5.97 Å². The summed E-state index contributed by atoms with van der Waals surface area (Å²) in [4.78, 5) is 25.4. The summed E-state index contributed by atoms with van der Waals surface area (Å²) in [6.07, 6.45) is 8.05. The number of nitrogens with zero attached hydrogens (tertiary/aromatic N) is 4. The van der Waals surface area contributed by atoms with Crippen LogP contribution >= 0.6 is 11.8 Å². The van der Waals surface area contributed by atoms with Gasteiger partial charge in [0.05, 0.1) is 31.2 Å². The van der Waals surface area contributed by atoms with Crippen molar-refractivity contribution in [3.8, 4) is 0 Å². The number of fused-ring (bicyclic) bond motifs is 2. The Hall–Kier alpha value is -2.87. The van der Waals surface area contributed by atoms with Crippen molar-refractivity contribution in [3.05, 3.63) is 54.4 Å². The average molecular weight is 367 g/mol. The van der Waals surface area contributed by atoms with Gasteiger partial charge in [0.2, 0.25) is 0 Å². The Morgan fingerprint density at radius 3 is 3.04 bits per heavy atom. The summed E-state index contributed by atoms with van der Waals surface area (Å²) in [5.74, 6) is 0.566. The first-order chi connectivity index (χ1) is 12.7. The standard InChI is InChI=1S/C18H17N5O2S/c1-25-16(24)5-3-13-10-23(11-21-13)9-12-2-4-15-14(8-12)22-17-18(26-15)20-7-6-19-17/h2,4,6-8,10-11H,3,5,9H2,1H3,(H,19,22). The zero-order valence-electron chi connectivity index (χ0n) is 14.2. The second-order valence-electron chi connectivity index (χ2n) is 5.88. The van der Waals surface area contributed by atoms with Gasteiger partial charge in [-0.05, 0) is 17.7 Å². The van der Waals surface area contributed by atoms with Gasteiger partial charge in [0.1, 0.15) is 5.03 Å². The maximum absolute atomic E-state index is 11.2. The van der Waals surface area contributed by atoms with Gasteiger partial charge in [-0.15, -0.1) is 0 Å². The lowest BCUT2D eigenvalue weighted by atomic mass is 10.2. The molecule has 0 amide bonds. The molecule has 26 heavy (non-hydrogen) atoms. The summed E-state index contributed by atoms with van der Waals surface area (Å²) < 4.78 is 6.67. The van der Waals surface area contributed by atoms with Crippen LogP contribution in [0.25, 0.3) is 0 Å². The highest BCUT2D eigenvalue weighted by molar-refractivity contribution is 7.99. The predicted octanol–water partition coefficient (Wildman–Crippen LogP) is 3.04. The molecular weight excluding hydrogens is 350 g/mol. The van der Waals surface area contributed by atoms with Crippen molar-refractivity contribution >= 4 is 29.2 Å². The van der Waals surface area contributed by atoms with Gasteiger partial charge in [0, 0.05) is 36.5 Å². The lowest BCUT2D eigenvalue weighted by molar-refractivity contribution is -0.140. The molecule has 3 aromatic rings. The minimum atomic E-state index is -0.221. The first-order valence-electron chi connectivity index (χ1n) is 8.17. The highest BCUT2D eigenvalue weighted by atomic mass is 32.2. The van der Waals surface area contributed by atoms with Crippen molar-refractivity contribution in [2.24, 2.45) is 0 Å². The fraction of sp³-hybridized carbons (Fsp3) is 0.222. The van der Waals surface area contributed by atoms with Crippen LogP contribution in [0.5, 0.6) is 0 Å². The summed E-state index contributed by atoms with van der Waals surface area (Å²) in [5.41, 5.74) is 3.07. The Labute approximate surface area is 154 Å². The van der Waals surface area contributed by atoms with Crippen LogP contribution in [-0.2, 0) is 22.5 Å². The van der Waals surface area contributed by atoms with Gasteiger partial charge in [0.15, 0.2) is 5.82 Å². The Morgan fingerprint density at radius 2 is 2.15 bits per heavy atom. The summed E-state index contributed by atoms with van der Waals surface area (Å²) in [6.45, 7) is 0.707. The second kappa shape index (κ2) is 7.17. The third kappa shape index (κ3) is 3.55. The fourth-order valence-electron chi connectivity index (χ4n) is 2.74. The molecule has 0 radical (unpaired) electrons. The van der Waals surface area contributed by atoms with Gasteiger partial charge in [-0.2, -0.15) is 0 Å². The lowest BCUT2D eigenvalue weighted by Crippen LogP contribution is -2.05. The average Bonchev–Trinajstić information content (AvgIpc) is 3.11. The van der Waals surface area contributed by atoms with Crippen molar-refractivity contribution in [1.82, 2.24) is 19.5 Å². The van der Waals surface area contributed by atoms with Crippen LogP contribution in [0.1, 0.15) is 17.7 Å². The van der Waals surface area contributed by atoms with Crippen LogP contribution in [0.4, 0.5) is 11.5 Å². The number of imidazole rings is 1. The van der Waals surface area contributed by atoms with E-state index in [0.717, 1.165) is 32.7 Å². The predicted molar refractivity (Wildman–Crippen MR) is 97.5 cm³/mol. The molecule has 2 aromatic heterocycles. The van der Waals surface area contributed by atoms with E-state index < -0.39 is 0 Å². The number of rotatable bonds is 5. The van der Waals surface area contributed by atoms with Crippen LogP contribution in [0.3, 0.4) is 0 Å². The van der Waals surface area contributed by atoms with Crippen molar-refractivity contribution in [2.75, 3.05) is 12.4 Å². The molecule has 0 spiro atoms. The topological polar surface area (TPSA) is 81.9 Å². The number of ether oxygens (including phenoxy) is 1. The summed E-state index contributed by atoms with van der Waals surface area (Å²) in [7, 11) is 1.40. The third-order valence-corrected chi connectivity index (χ3v) is 5.10. The highest BCUT2D eigenvalue weighted by Gasteiger charge is 2.17. The number of benzene rings is 1. The van der Waals surface area contributed by atoms with Crippen molar-refractivity contribution < 1.29 is 9.53 Å². The molecule has 0 fully saturated rings. The molecule has 1 aliphatic rings. The van der Waals surface area contributed by atoms with E-state index in [1.54, 1.807) is 30.5 Å². The molecule has 0 bridgehead atoms. The molecule has 8 heteroatoms. The molecule has 0 saturated heterocycles. The van der Waals surface area contributed by atoms with Crippen molar-refractivity contribution in [1.29, 1.82) is 0 Å². The van der Waals surface area contributed by atoms with Crippen molar-refractivity contribution in [2.45, 2.75) is 29.3 Å². The third-order valence-electron chi connectivity index (χ3n) is 4.03. The number of anilines is 2. The Kier molecular flexibility index (Phi) is 4.57. The number of esters is 1. The molecule has 1 N–H and O–H groups in total. The van der Waals surface area contributed by atoms with Crippen LogP contribution in [0, 0.1) is 0 Å². The quantitative estimate of drug-likeness (QED) is 0.543. The molecule has 4 rings (SSSR count). The van der Waals surface area contributed by atoms with Crippen LogP contribution in [-0.4, -0.2) is 32.6 Å². The molecule has 0 aliphatic carbocycles. The van der Waals surface area contributed by atoms with Gasteiger partial charge in [-0.1, -0.05) is 17.8 Å². The van der Waals surface area contributed by atoms with E-state index in [1.165, 1.54) is 7.11 Å². The highest BCUT2D eigenvalue weighted by Crippen LogP contribution is 2.42. The number of carbonyl (C=O) groups is 1. The van der Waals surface area contributed by atoms with Crippen molar-refractivity contribution in [3.63, 3.8) is 0 Å². The first kappa shape index (κ1) is 16.6. The molecule has 0 unspecified atom stereocenters. The minimum absolute atomic E-state index is 0.221. The van der Waals surface area contributed by atoms with Gasteiger partial charge in [-0.3, -0.25) is 4.79 Å². The molecule has 0 saturated carbocycles.